The van der Waals surface area contributed by atoms with Crippen molar-refractivity contribution in [3.63, 3.8) is 0 Å². The number of rotatable bonds is 5. The average Bonchev–Trinajstić information content (AvgIpc) is 2.29. The van der Waals surface area contributed by atoms with Gasteiger partial charge < -0.3 is 15.2 Å². The van der Waals surface area contributed by atoms with Gasteiger partial charge in [-0.3, -0.25) is 0 Å². The van der Waals surface area contributed by atoms with E-state index < -0.39 is 0 Å². The summed E-state index contributed by atoms with van der Waals surface area (Å²) in [6, 6.07) is 5.64. The van der Waals surface area contributed by atoms with Crippen molar-refractivity contribution in [3.8, 4) is 11.5 Å². The highest BCUT2D eigenvalue weighted by Gasteiger charge is 2.03. The van der Waals surface area contributed by atoms with Crippen molar-refractivity contribution >= 4 is 0 Å². The average molecular weight is 207 g/mol. The molecule has 1 aromatic rings. The summed E-state index contributed by atoms with van der Waals surface area (Å²) in [7, 11) is 1.63. The van der Waals surface area contributed by atoms with Crippen molar-refractivity contribution in [1.29, 1.82) is 0 Å². The summed E-state index contributed by atoms with van der Waals surface area (Å²) in [6.07, 6.45) is 3.90. The summed E-state index contributed by atoms with van der Waals surface area (Å²) in [5.41, 5.74) is 6.58. The number of hydrogen-bond acceptors (Lipinski definition) is 3. The van der Waals surface area contributed by atoms with E-state index in [2.05, 4.69) is 0 Å². The molecule has 0 atom stereocenters. The molecule has 0 unspecified atom stereocenters. The Bertz CT molecular complexity index is 334. The fourth-order valence-electron chi connectivity index (χ4n) is 1.22. The quantitative estimate of drug-likeness (QED) is 0.752. The molecular formula is C12H17NO2. The van der Waals surface area contributed by atoms with Gasteiger partial charge in [-0.15, -0.1) is 0 Å². The minimum atomic E-state index is 0.447. The topological polar surface area (TPSA) is 44.5 Å². The fourth-order valence-corrected chi connectivity index (χ4v) is 1.22. The molecule has 0 radical (unpaired) electrons. The molecule has 0 aliphatic heterocycles. The van der Waals surface area contributed by atoms with Gasteiger partial charge in [0, 0.05) is 12.1 Å². The van der Waals surface area contributed by atoms with Crippen molar-refractivity contribution in [1.82, 2.24) is 0 Å². The first-order chi connectivity index (χ1) is 7.31. The number of benzene rings is 1. The minimum Gasteiger partial charge on any atom is -0.497 e. The molecule has 82 valence electrons. The number of ether oxygens (including phenoxy) is 2. The van der Waals surface area contributed by atoms with Crippen LogP contribution in [0.4, 0.5) is 0 Å². The third kappa shape index (κ3) is 3.29. The summed E-state index contributed by atoms with van der Waals surface area (Å²) in [4.78, 5) is 0. The van der Waals surface area contributed by atoms with E-state index >= 15 is 0 Å². The largest absolute Gasteiger partial charge is 0.497 e. The molecular weight excluding hydrogens is 190 g/mol. The van der Waals surface area contributed by atoms with Crippen LogP contribution in [0.3, 0.4) is 0 Å². The van der Waals surface area contributed by atoms with Crippen molar-refractivity contribution in [3.05, 3.63) is 35.9 Å². The van der Waals surface area contributed by atoms with Crippen LogP contribution in [-0.4, -0.2) is 13.7 Å². The van der Waals surface area contributed by atoms with Crippen LogP contribution in [0.2, 0.25) is 0 Å². The molecule has 0 saturated heterocycles. The van der Waals surface area contributed by atoms with Gasteiger partial charge >= 0.3 is 0 Å². The van der Waals surface area contributed by atoms with Crippen molar-refractivity contribution in [2.45, 2.75) is 13.5 Å². The predicted octanol–water partition coefficient (Wildman–Crippen LogP) is 2.11. The highest BCUT2D eigenvalue weighted by Crippen LogP contribution is 2.23. The van der Waals surface area contributed by atoms with Crippen LogP contribution in [0.1, 0.15) is 12.5 Å². The standard InChI is InChI=1S/C12H17NO2/c1-3-4-7-15-12-6-5-11(14-2)8-10(12)9-13/h3-6,8H,7,9,13H2,1-2H3/b4-3+. The molecule has 0 aromatic heterocycles. The monoisotopic (exact) mass is 207 g/mol. The Balaban J connectivity index is 2.78. The molecule has 3 heteroatoms. The smallest absolute Gasteiger partial charge is 0.124 e. The zero-order chi connectivity index (χ0) is 11.1. The van der Waals surface area contributed by atoms with E-state index in [9.17, 15) is 0 Å². The number of nitrogens with two attached hydrogens (primary N) is 1. The van der Waals surface area contributed by atoms with E-state index in [1.165, 1.54) is 0 Å². The molecule has 0 aliphatic rings. The first kappa shape index (κ1) is 11.6. The summed E-state index contributed by atoms with van der Waals surface area (Å²) < 4.78 is 10.7. The Labute approximate surface area is 90.5 Å². The van der Waals surface area contributed by atoms with Crippen LogP contribution >= 0.6 is 0 Å². The van der Waals surface area contributed by atoms with E-state index in [1.54, 1.807) is 7.11 Å². The van der Waals surface area contributed by atoms with Crippen molar-refractivity contribution in [2.24, 2.45) is 5.73 Å². The first-order valence-corrected chi connectivity index (χ1v) is 4.92. The van der Waals surface area contributed by atoms with Gasteiger partial charge in [-0.05, 0) is 25.1 Å². The van der Waals surface area contributed by atoms with Crippen molar-refractivity contribution < 1.29 is 9.47 Å². The second-order valence-electron chi connectivity index (χ2n) is 3.06. The zero-order valence-corrected chi connectivity index (χ0v) is 9.19. The third-order valence-electron chi connectivity index (χ3n) is 2.06. The molecule has 2 N–H and O–H groups in total. The molecule has 0 spiro atoms. The molecule has 0 heterocycles. The maximum atomic E-state index is 5.62. The van der Waals surface area contributed by atoms with Crippen LogP contribution in [0.5, 0.6) is 11.5 Å². The summed E-state index contributed by atoms with van der Waals surface area (Å²) >= 11 is 0. The lowest BCUT2D eigenvalue weighted by Crippen LogP contribution is -2.02. The minimum absolute atomic E-state index is 0.447. The highest BCUT2D eigenvalue weighted by molar-refractivity contribution is 5.40. The van der Waals surface area contributed by atoms with E-state index in [1.807, 2.05) is 37.3 Å². The SMILES string of the molecule is C/C=C/COc1ccc(OC)cc1CN. The lowest BCUT2D eigenvalue weighted by Gasteiger charge is -2.10. The molecule has 0 fully saturated rings. The maximum Gasteiger partial charge on any atom is 0.124 e. The van der Waals surface area contributed by atoms with Crippen LogP contribution in [0, 0.1) is 0 Å². The normalized spacial score (nSPS) is 10.6. The first-order valence-electron chi connectivity index (χ1n) is 4.92. The molecule has 0 saturated carbocycles. The Morgan fingerprint density at radius 2 is 2.20 bits per heavy atom. The molecule has 0 bridgehead atoms. The maximum absolute atomic E-state index is 5.62. The summed E-state index contributed by atoms with van der Waals surface area (Å²) in [5, 5.41) is 0. The lowest BCUT2D eigenvalue weighted by molar-refractivity contribution is 0.356. The number of allylic oxidation sites excluding steroid dienone is 1. The van der Waals surface area contributed by atoms with Gasteiger partial charge in [-0.25, -0.2) is 0 Å². The Morgan fingerprint density at radius 3 is 2.80 bits per heavy atom. The number of hydrogen-bond donors (Lipinski definition) is 1. The van der Waals surface area contributed by atoms with Crippen LogP contribution < -0.4 is 15.2 Å². The third-order valence-corrected chi connectivity index (χ3v) is 2.06. The van der Waals surface area contributed by atoms with E-state index in [-0.39, 0.29) is 0 Å². The van der Waals surface area contributed by atoms with E-state index in [0.29, 0.717) is 13.2 Å². The molecule has 0 amide bonds. The lowest BCUT2D eigenvalue weighted by atomic mass is 10.2. The highest BCUT2D eigenvalue weighted by atomic mass is 16.5. The van der Waals surface area contributed by atoms with Gasteiger partial charge in [0.2, 0.25) is 0 Å². The Morgan fingerprint density at radius 1 is 1.40 bits per heavy atom. The van der Waals surface area contributed by atoms with Crippen LogP contribution in [0.15, 0.2) is 30.4 Å². The van der Waals surface area contributed by atoms with Crippen LogP contribution in [-0.2, 0) is 6.54 Å². The van der Waals surface area contributed by atoms with E-state index in [0.717, 1.165) is 17.1 Å². The van der Waals surface area contributed by atoms with Gasteiger partial charge in [-0.1, -0.05) is 12.2 Å². The second kappa shape index (κ2) is 6.09. The van der Waals surface area contributed by atoms with Gasteiger partial charge in [0.15, 0.2) is 0 Å². The Hall–Kier alpha value is -1.48. The van der Waals surface area contributed by atoms with Gasteiger partial charge in [-0.2, -0.15) is 0 Å². The molecule has 1 rings (SSSR count). The second-order valence-corrected chi connectivity index (χ2v) is 3.06. The molecule has 3 nitrogen and oxygen atoms in total. The van der Waals surface area contributed by atoms with Crippen molar-refractivity contribution in [2.75, 3.05) is 13.7 Å². The zero-order valence-electron chi connectivity index (χ0n) is 9.19. The predicted molar refractivity (Wildman–Crippen MR) is 61.2 cm³/mol. The molecule has 0 aliphatic carbocycles. The van der Waals surface area contributed by atoms with E-state index in [4.69, 9.17) is 15.2 Å². The van der Waals surface area contributed by atoms with Gasteiger partial charge in [0.25, 0.3) is 0 Å². The van der Waals surface area contributed by atoms with Gasteiger partial charge in [0.05, 0.1) is 7.11 Å². The molecule has 1 aromatic carbocycles. The fraction of sp³-hybridized carbons (Fsp3) is 0.333. The molecule has 15 heavy (non-hydrogen) atoms. The summed E-state index contributed by atoms with van der Waals surface area (Å²) in [6.45, 7) is 2.97. The summed E-state index contributed by atoms with van der Waals surface area (Å²) in [5.74, 6) is 1.62. The van der Waals surface area contributed by atoms with Crippen LogP contribution in [0.25, 0.3) is 0 Å². The number of methoxy groups -OCH3 is 1. The Kier molecular flexibility index (Phi) is 4.71. The van der Waals surface area contributed by atoms with Gasteiger partial charge in [0.1, 0.15) is 18.1 Å².